The molecule has 3 aromatic rings. The van der Waals surface area contributed by atoms with Gasteiger partial charge in [0, 0.05) is 35.3 Å². The van der Waals surface area contributed by atoms with Crippen LogP contribution in [0, 0.1) is 0 Å². The molecule has 0 aliphatic carbocycles. The first-order valence-corrected chi connectivity index (χ1v) is 11.5. The number of nitrogens with zero attached hydrogens (tertiary/aromatic N) is 3. The highest BCUT2D eigenvalue weighted by Gasteiger charge is 2.41. The summed E-state index contributed by atoms with van der Waals surface area (Å²) in [7, 11) is 0. The summed E-state index contributed by atoms with van der Waals surface area (Å²) in [6.45, 7) is 5.55. The van der Waals surface area contributed by atoms with Gasteiger partial charge < -0.3 is 16.0 Å². The van der Waals surface area contributed by atoms with Crippen molar-refractivity contribution < 1.29 is 4.79 Å². The molecule has 1 aliphatic rings. The van der Waals surface area contributed by atoms with Crippen molar-refractivity contribution in [3.8, 4) is 0 Å². The molecule has 29 heavy (non-hydrogen) atoms. The minimum atomic E-state index is -0.188. The number of hydrogen-bond acceptors (Lipinski definition) is 7. The molecule has 0 radical (unpaired) electrons. The van der Waals surface area contributed by atoms with Gasteiger partial charge in [0.25, 0.3) is 5.91 Å². The Kier molecular flexibility index (Phi) is 5.56. The number of benzene rings is 1. The summed E-state index contributed by atoms with van der Waals surface area (Å²) < 4.78 is 0. The summed E-state index contributed by atoms with van der Waals surface area (Å²) in [6, 6.07) is 10.9. The Labute approximate surface area is 178 Å². The van der Waals surface area contributed by atoms with Gasteiger partial charge in [-0.1, -0.05) is 30.3 Å². The quantitative estimate of drug-likeness (QED) is 0.637. The Morgan fingerprint density at radius 1 is 1.14 bits per heavy atom. The molecule has 0 atom stereocenters. The van der Waals surface area contributed by atoms with Crippen LogP contribution < -0.4 is 11.1 Å². The van der Waals surface area contributed by atoms with Gasteiger partial charge in [-0.3, -0.25) is 4.79 Å². The molecule has 0 saturated carbocycles. The second-order valence-corrected chi connectivity index (χ2v) is 9.40. The average Bonchev–Trinajstić information content (AvgIpc) is 3.37. The largest absolute Gasteiger partial charge is 0.375 e. The van der Waals surface area contributed by atoms with Gasteiger partial charge in [-0.25, -0.2) is 9.97 Å². The number of anilines is 2. The van der Waals surface area contributed by atoms with E-state index in [1.165, 1.54) is 16.9 Å². The topological polar surface area (TPSA) is 84.1 Å². The second kappa shape index (κ2) is 8.12. The number of nitrogens with one attached hydrogen (secondary N) is 1. The molecular weight excluding hydrogens is 402 g/mol. The normalized spacial score (nSPS) is 16.2. The van der Waals surface area contributed by atoms with Crippen molar-refractivity contribution in [3.63, 3.8) is 0 Å². The highest BCUT2D eigenvalue weighted by Crippen LogP contribution is 2.43. The second-order valence-electron chi connectivity index (χ2n) is 7.65. The number of amides is 1. The van der Waals surface area contributed by atoms with Gasteiger partial charge in [0.05, 0.1) is 5.69 Å². The van der Waals surface area contributed by atoms with Crippen LogP contribution in [-0.4, -0.2) is 39.9 Å². The lowest BCUT2D eigenvalue weighted by Crippen LogP contribution is -2.46. The lowest BCUT2D eigenvalue weighted by molar-refractivity contribution is 0.0679. The molecule has 8 heteroatoms. The maximum atomic E-state index is 12.8. The van der Waals surface area contributed by atoms with E-state index in [1.54, 1.807) is 16.7 Å². The van der Waals surface area contributed by atoms with Crippen molar-refractivity contribution in [1.82, 2.24) is 14.9 Å². The number of thiazole rings is 2. The van der Waals surface area contributed by atoms with E-state index < -0.39 is 0 Å². The van der Waals surface area contributed by atoms with Crippen LogP contribution >= 0.6 is 22.7 Å². The predicted octanol–water partition coefficient (Wildman–Crippen LogP) is 4.22. The van der Waals surface area contributed by atoms with Crippen molar-refractivity contribution in [3.05, 3.63) is 58.0 Å². The molecule has 6 nitrogen and oxygen atoms in total. The average molecular weight is 428 g/mol. The maximum Gasteiger partial charge on any atom is 0.273 e. The minimum Gasteiger partial charge on any atom is -0.375 e. The highest BCUT2D eigenvalue weighted by atomic mass is 32.1. The van der Waals surface area contributed by atoms with Crippen LogP contribution in [0.15, 0.2) is 41.1 Å². The number of nitrogens with two attached hydrogens (primary N) is 1. The van der Waals surface area contributed by atoms with Crippen LogP contribution in [0.5, 0.6) is 0 Å². The fraction of sp³-hybridized carbons (Fsp3) is 0.381. The van der Waals surface area contributed by atoms with Crippen molar-refractivity contribution in [2.45, 2.75) is 38.1 Å². The lowest BCUT2D eigenvalue weighted by atomic mass is 9.70. The molecule has 3 heterocycles. The Bertz CT molecular complexity index is 974. The first-order chi connectivity index (χ1) is 14.0. The first-order valence-electron chi connectivity index (χ1n) is 9.76. The van der Waals surface area contributed by atoms with Crippen molar-refractivity contribution >= 4 is 38.8 Å². The number of aromatic nitrogens is 2. The van der Waals surface area contributed by atoms with Crippen molar-refractivity contribution in [2.24, 2.45) is 0 Å². The van der Waals surface area contributed by atoms with Gasteiger partial charge >= 0.3 is 0 Å². The van der Waals surface area contributed by atoms with E-state index in [0.29, 0.717) is 30.0 Å². The fourth-order valence-electron chi connectivity index (χ4n) is 3.90. The molecule has 3 N–H and O–H groups in total. The van der Waals surface area contributed by atoms with E-state index in [2.05, 4.69) is 53.8 Å². The number of nitrogen functional groups attached to an aromatic ring is 1. The molecule has 1 fully saturated rings. The van der Waals surface area contributed by atoms with Crippen LogP contribution in [0.4, 0.5) is 10.3 Å². The molecule has 2 aromatic heterocycles. The van der Waals surface area contributed by atoms with E-state index in [0.717, 1.165) is 23.7 Å². The van der Waals surface area contributed by atoms with Crippen LogP contribution in [-0.2, 0) is 5.41 Å². The summed E-state index contributed by atoms with van der Waals surface area (Å²) in [6.07, 6.45) is 1.65. The van der Waals surface area contributed by atoms with Gasteiger partial charge in [-0.2, -0.15) is 0 Å². The van der Waals surface area contributed by atoms with E-state index in [1.807, 2.05) is 11.0 Å². The number of likely N-dealkylation sites (tertiary alicyclic amines) is 1. The van der Waals surface area contributed by atoms with E-state index in [-0.39, 0.29) is 11.3 Å². The summed E-state index contributed by atoms with van der Waals surface area (Å²) in [5.74, 6) is -0.0416. The smallest absolute Gasteiger partial charge is 0.273 e. The molecule has 1 aromatic carbocycles. The minimum absolute atomic E-state index is 0.0416. The molecule has 0 spiro atoms. The monoisotopic (exact) mass is 427 g/mol. The van der Waals surface area contributed by atoms with E-state index in [9.17, 15) is 4.79 Å². The van der Waals surface area contributed by atoms with E-state index >= 15 is 0 Å². The van der Waals surface area contributed by atoms with Crippen LogP contribution in [0.3, 0.4) is 0 Å². The Balaban J connectivity index is 1.60. The zero-order valence-corrected chi connectivity index (χ0v) is 18.2. The highest BCUT2D eigenvalue weighted by molar-refractivity contribution is 7.14. The Morgan fingerprint density at radius 3 is 2.48 bits per heavy atom. The van der Waals surface area contributed by atoms with Gasteiger partial charge in [0.1, 0.15) is 5.69 Å². The first kappa shape index (κ1) is 19.8. The molecular formula is C21H25N5OS2. The summed E-state index contributed by atoms with van der Waals surface area (Å²) >= 11 is 2.95. The van der Waals surface area contributed by atoms with Gasteiger partial charge in [0.2, 0.25) is 0 Å². The van der Waals surface area contributed by atoms with Crippen LogP contribution in [0.2, 0.25) is 0 Å². The molecule has 152 valence electrons. The lowest BCUT2D eigenvalue weighted by Gasteiger charge is -2.41. The maximum absolute atomic E-state index is 12.8. The fourth-order valence-corrected chi connectivity index (χ4v) is 5.39. The molecule has 1 amide bonds. The number of rotatable bonds is 5. The third kappa shape index (κ3) is 4.00. The Hall–Kier alpha value is -2.45. The van der Waals surface area contributed by atoms with Crippen LogP contribution in [0.25, 0.3) is 0 Å². The SMILES string of the molecule is CC(C)Nc1nc(C2(c3ccccc3)CCN(C(=O)c3csc(N)n3)CC2)cs1. The molecule has 1 saturated heterocycles. The molecule has 1 aliphatic heterocycles. The number of carbonyl (C=O) groups is 1. The zero-order chi connectivity index (χ0) is 20.4. The molecule has 0 unspecified atom stereocenters. The Morgan fingerprint density at radius 2 is 1.86 bits per heavy atom. The van der Waals surface area contributed by atoms with Crippen molar-refractivity contribution in [2.75, 3.05) is 24.1 Å². The van der Waals surface area contributed by atoms with Crippen molar-refractivity contribution in [1.29, 1.82) is 0 Å². The van der Waals surface area contributed by atoms with Gasteiger partial charge in [-0.15, -0.1) is 22.7 Å². The zero-order valence-electron chi connectivity index (χ0n) is 16.6. The third-order valence-electron chi connectivity index (χ3n) is 5.38. The van der Waals surface area contributed by atoms with Gasteiger partial charge in [-0.05, 0) is 32.3 Å². The summed E-state index contributed by atoms with van der Waals surface area (Å²) in [5.41, 5.74) is 8.30. The number of hydrogen-bond donors (Lipinski definition) is 2. The van der Waals surface area contributed by atoms with E-state index in [4.69, 9.17) is 10.7 Å². The van der Waals surface area contributed by atoms with Crippen LogP contribution in [0.1, 0.15) is 48.4 Å². The van der Waals surface area contributed by atoms with Gasteiger partial charge in [0.15, 0.2) is 10.3 Å². The molecule has 4 rings (SSSR count). The molecule has 0 bridgehead atoms. The summed E-state index contributed by atoms with van der Waals surface area (Å²) in [4.78, 5) is 23.8. The number of carbonyl (C=O) groups excluding carboxylic acids is 1. The standard InChI is InChI=1S/C21H25N5OS2/c1-14(2)23-20-25-17(13-29-20)21(15-6-4-3-5-7-15)8-10-26(11-9-21)18(27)16-12-28-19(22)24-16/h3-7,12-14H,8-11H2,1-2H3,(H2,22,24)(H,23,25). The predicted molar refractivity (Wildman–Crippen MR) is 120 cm³/mol. The third-order valence-corrected chi connectivity index (χ3v) is 6.83. The number of piperidine rings is 1. The summed E-state index contributed by atoms with van der Waals surface area (Å²) in [5, 5.41) is 8.68.